The average molecular weight is 627 g/mol. The van der Waals surface area contributed by atoms with Gasteiger partial charge in [-0.15, -0.1) is 10.2 Å². The van der Waals surface area contributed by atoms with Gasteiger partial charge in [-0.1, -0.05) is 11.6 Å². The molecule has 1 fully saturated rings. The number of hydrogen-bond donors (Lipinski definition) is 2. The van der Waals surface area contributed by atoms with E-state index in [-0.39, 0.29) is 47.5 Å². The first kappa shape index (κ1) is 29.4. The van der Waals surface area contributed by atoms with Gasteiger partial charge in [0, 0.05) is 16.8 Å². The second-order valence-electron chi connectivity index (χ2n) is 9.50. The highest BCUT2D eigenvalue weighted by Crippen LogP contribution is 2.25. The van der Waals surface area contributed by atoms with Crippen molar-refractivity contribution in [2.45, 2.75) is 31.8 Å². The van der Waals surface area contributed by atoms with Crippen LogP contribution in [-0.4, -0.2) is 77.3 Å². The fraction of sp³-hybridized carbons (Fsp3) is 0.333. The zero-order valence-electron chi connectivity index (χ0n) is 21.4. The summed E-state index contributed by atoms with van der Waals surface area (Å²) < 4.78 is 65.7. The summed E-state index contributed by atoms with van der Waals surface area (Å²) in [6, 6.07) is 9.04. The van der Waals surface area contributed by atoms with Crippen molar-refractivity contribution in [3.05, 3.63) is 70.3 Å². The molecule has 5 rings (SSSR count). The smallest absolute Gasteiger partial charge is 0.382 e. The highest BCUT2D eigenvalue weighted by Gasteiger charge is 2.39. The van der Waals surface area contributed by atoms with Gasteiger partial charge in [0.15, 0.2) is 33.4 Å². The minimum Gasteiger partial charge on any atom is -0.382 e. The second kappa shape index (κ2) is 11.3. The number of halogens is 4. The molecule has 18 heteroatoms. The van der Waals surface area contributed by atoms with Gasteiger partial charge in [-0.3, -0.25) is 9.36 Å². The third kappa shape index (κ3) is 6.37. The molecule has 2 unspecified atom stereocenters. The number of aliphatic hydroxyl groups excluding tert-OH is 1. The summed E-state index contributed by atoms with van der Waals surface area (Å²) in [6.07, 6.45) is -4.90. The summed E-state index contributed by atoms with van der Waals surface area (Å²) in [5.74, 6) is -1.55. The number of aliphatic hydroxyl groups is 1. The van der Waals surface area contributed by atoms with E-state index in [1.165, 1.54) is 41.5 Å². The number of anilines is 1. The Labute approximate surface area is 240 Å². The Morgan fingerprint density at radius 1 is 1.17 bits per heavy atom. The van der Waals surface area contributed by atoms with Crippen LogP contribution in [0.15, 0.2) is 53.7 Å². The highest BCUT2D eigenvalue weighted by molar-refractivity contribution is 7.91. The molecule has 1 amide bonds. The highest BCUT2D eigenvalue weighted by atomic mass is 35.5. The van der Waals surface area contributed by atoms with Gasteiger partial charge in [0.1, 0.15) is 18.6 Å². The number of benzene rings is 1. The molecule has 0 saturated carbocycles. The Balaban J connectivity index is 1.41. The molecule has 0 radical (unpaired) electrons. The van der Waals surface area contributed by atoms with Crippen LogP contribution < -0.4 is 11.0 Å². The normalized spacial score (nSPS) is 17.3. The van der Waals surface area contributed by atoms with Crippen molar-refractivity contribution in [1.29, 1.82) is 0 Å². The zero-order valence-corrected chi connectivity index (χ0v) is 23.0. The Morgan fingerprint density at radius 3 is 2.57 bits per heavy atom. The number of hydrogen-bond acceptors (Lipinski definition) is 9. The minimum absolute atomic E-state index is 0.0452. The van der Waals surface area contributed by atoms with E-state index in [4.69, 9.17) is 11.6 Å². The maximum atomic E-state index is 13.1. The van der Waals surface area contributed by atoms with Gasteiger partial charge in [-0.25, -0.2) is 32.5 Å². The maximum Gasteiger partial charge on any atom is 0.416 e. The molecule has 0 spiro atoms. The molecule has 1 aromatic carbocycles. The van der Waals surface area contributed by atoms with Crippen LogP contribution in [-0.2, 0) is 27.7 Å². The summed E-state index contributed by atoms with van der Waals surface area (Å²) in [4.78, 5) is 34.1. The molecular weight excluding hydrogens is 605 g/mol. The van der Waals surface area contributed by atoms with Gasteiger partial charge in [-0.05, 0) is 42.8 Å². The fourth-order valence-electron chi connectivity index (χ4n) is 4.32. The molecule has 1 aliphatic rings. The minimum atomic E-state index is -4.97. The number of rotatable bonds is 8. The van der Waals surface area contributed by atoms with Crippen LogP contribution in [0.2, 0.25) is 5.02 Å². The summed E-state index contributed by atoms with van der Waals surface area (Å²) >= 11 is 5.91. The number of aromatic nitrogens is 7. The van der Waals surface area contributed by atoms with Crippen molar-refractivity contribution in [1.82, 2.24) is 34.1 Å². The largest absolute Gasteiger partial charge is 0.416 e. The lowest BCUT2D eigenvalue weighted by Gasteiger charge is -2.15. The standard InChI is InChI=1S/C24H22ClF3N8O5S/c25-16-5-3-14(4-6-16)21-33-35(23(39)34(21)10-18(37)24(26,27)28)11-19-30-13-36(32-19)17-2-1-8-29-20(17)31-22(38)15-7-9-42(40,41)12-15/h1-6,8,13,15,18,37H,7,9-12H2,(H,29,31,38). The third-order valence-electron chi connectivity index (χ3n) is 6.47. The topological polar surface area (TPSA) is 167 Å². The maximum absolute atomic E-state index is 13.1. The van der Waals surface area contributed by atoms with E-state index in [1.54, 1.807) is 12.1 Å². The van der Waals surface area contributed by atoms with E-state index in [2.05, 4.69) is 25.5 Å². The third-order valence-corrected chi connectivity index (χ3v) is 8.49. The lowest BCUT2D eigenvalue weighted by molar-refractivity contribution is -0.207. The summed E-state index contributed by atoms with van der Waals surface area (Å²) in [5, 5.41) is 21.1. The number of nitrogens with zero attached hydrogens (tertiary/aromatic N) is 7. The first-order valence-electron chi connectivity index (χ1n) is 12.4. The number of nitrogens with one attached hydrogen (secondary N) is 1. The molecular formula is C24H22ClF3N8O5S. The van der Waals surface area contributed by atoms with E-state index < -0.39 is 46.2 Å². The molecule has 2 N–H and O–H groups in total. The average Bonchev–Trinajstić information content (AvgIpc) is 3.63. The van der Waals surface area contributed by atoms with Crippen molar-refractivity contribution in [3.8, 4) is 17.1 Å². The number of amides is 1. The van der Waals surface area contributed by atoms with Gasteiger partial charge in [0.2, 0.25) is 5.91 Å². The van der Waals surface area contributed by atoms with Crippen molar-refractivity contribution in [2.24, 2.45) is 5.92 Å². The van der Waals surface area contributed by atoms with Crippen LogP contribution in [0.25, 0.3) is 17.1 Å². The predicted molar refractivity (Wildman–Crippen MR) is 143 cm³/mol. The summed E-state index contributed by atoms with van der Waals surface area (Å²) in [5.41, 5.74) is -0.368. The summed E-state index contributed by atoms with van der Waals surface area (Å²) in [7, 11) is -3.28. The van der Waals surface area contributed by atoms with Crippen LogP contribution in [0.4, 0.5) is 19.0 Å². The quantitative estimate of drug-likeness (QED) is 0.296. The molecule has 0 bridgehead atoms. The van der Waals surface area contributed by atoms with Gasteiger partial charge in [-0.2, -0.15) is 13.2 Å². The van der Waals surface area contributed by atoms with Gasteiger partial charge >= 0.3 is 11.9 Å². The number of carbonyl (C=O) groups is 1. The van der Waals surface area contributed by atoms with Gasteiger partial charge in [0.05, 0.1) is 24.0 Å². The van der Waals surface area contributed by atoms with Crippen molar-refractivity contribution in [2.75, 3.05) is 16.8 Å². The van der Waals surface area contributed by atoms with Gasteiger partial charge < -0.3 is 10.4 Å². The Hall–Kier alpha value is -4.09. The van der Waals surface area contributed by atoms with E-state index in [0.717, 1.165) is 4.68 Å². The molecule has 13 nitrogen and oxygen atoms in total. The van der Waals surface area contributed by atoms with Gasteiger partial charge in [0.25, 0.3) is 0 Å². The van der Waals surface area contributed by atoms with Crippen molar-refractivity contribution >= 4 is 33.2 Å². The lowest BCUT2D eigenvalue weighted by Crippen LogP contribution is -2.37. The van der Waals surface area contributed by atoms with Crippen molar-refractivity contribution < 1.29 is 31.5 Å². The van der Waals surface area contributed by atoms with E-state index in [1.807, 2.05) is 0 Å². The molecule has 2 atom stereocenters. The molecule has 4 heterocycles. The van der Waals surface area contributed by atoms with Crippen molar-refractivity contribution in [3.63, 3.8) is 0 Å². The number of carbonyl (C=O) groups excluding carboxylic acids is 1. The van der Waals surface area contributed by atoms with Crippen LogP contribution >= 0.6 is 11.6 Å². The van der Waals surface area contributed by atoms with Crippen LogP contribution in [0, 0.1) is 5.92 Å². The van der Waals surface area contributed by atoms with E-state index >= 15 is 0 Å². The van der Waals surface area contributed by atoms with E-state index in [9.17, 15) is 36.3 Å². The number of alkyl halides is 3. The fourth-order valence-corrected chi connectivity index (χ4v) is 6.18. The van der Waals surface area contributed by atoms with Crippen LogP contribution in [0.3, 0.4) is 0 Å². The van der Waals surface area contributed by atoms with Crippen LogP contribution in [0.5, 0.6) is 0 Å². The zero-order chi connectivity index (χ0) is 30.2. The molecule has 3 aromatic heterocycles. The Kier molecular flexibility index (Phi) is 7.91. The molecule has 42 heavy (non-hydrogen) atoms. The Morgan fingerprint density at radius 2 is 1.90 bits per heavy atom. The lowest BCUT2D eigenvalue weighted by atomic mass is 10.1. The first-order valence-corrected chi connectivity index (χ1v) is 14.6. The molecule has 1 aliphatic heterocycles. The number of pyridine rings is 1. The molecule has 1 saturated heterocycles. The molecule has 0 aliphatic carbocycles. The number of sulfone groups is 1. The molecule has 4 aromatic rings. The Bertz CT molecular complexity index is 1790. The SMILES string of the molecule is O=C(Nc1ncccc1-n1cnc(Cn2nc(-c3ccc(Cl)cc3)n(CC(O)C(F)(F)F)c2=O)n1)C1CCS(=O)(=O)C1. The van der Waals surface area contributed by atoms with E-state index in [0.29, 0.717) is 15.3 Å². The monoisotopic (exact) mass is 626 g/mol. The first-order chi connectivity index (χ1) is 19.8. The summed E-state index contributed by atoms with van der Waals surface area (Å²) in [6.45, 7) is -1.44. The second-order valence-corrected chi connectivity index (χ2v) is 12.2. The predicted octanol–water partition coefficient (Wildman–Crippen LogP) is 1.69. The van der Waals surface area contributed by atoms with Crippen LogP contribution in [0.1, 0.15) is 12.2 Å². The molecule has 222 valence electrons.